The van der Waals surface area contributed by atoms with Crippen LogP contribution < -0.4 is 10.1 Å². The number of aliphatic carboxylic acids is 1. The smallest absolute Gasteiger partial charge is 0.323 e. The molecule has 0 heterocycles. The zero-order valence-electron chi connectivity index (χ0n) is 12.9. The molecule has 0 bridgehead atoms. The molecule has 1 aliphatic rings. The molecule has 1 aromatic rings. The number of carbonyl (C=O) groups is 1. The quantitative estimate of drug-likeness (QED) is 0.687. The fraction of sp³-hybridized carbons (Fsp3) is 0.588. The Morgan fingerprint density at radius 3 is 2.86 bits per heavy atom. The molecule has 21 heavy (non-hydrogen) atoms. The second kappa shape index (κ2) is 6.94. The van der Waals surface area contributed by atoms with Gasteiger partial charge in [-0.15, -0.1) is 0 Å². The zero-order valence-corrected chi connectivity index (χ0v) is 12.9. The molecular weight excluding hydrogens is 266 g/mol. The van der Waals surface area contributed by atoms with Crippen molar-refractivity contribution in [3.63, 3.8) is 0 Å². The average molecular weight is 291 g/mol. The molecule has 0 radical (unpaired) electrons. The third kappa shape index (κ3) is 4.74. The maximum atomic E-state index is 11.4. The lowest BCUT2D eigenvalue weighted by Crippen LogP contribution is -2.50. The Hall–Kier alpha value is -1.55. The minimum Gasteiger partial charge on any atom is -0.494 e. The number of nitrogens with one attached hydrogen (secondary N) is 1. The van der Waals surface area contributed by atoms with Gasteiger partial charge in [0.05, 0.1) is 6.61 Å². The Balaban J connectivity index is 1.77. The van der Waals surface area contributed by atoms with Crippen LogP contribution in [0.25, 0.3) is 0 Å². The third-order valence-electron chi connectivity index (χ3n) is 3.97. The van der Waals surface area contributed by atoms with Crippen LogP contribution in [-0.4, -0.2) is 29.3 Å². The monoisotopic (exact) mass is 291 g/mol. The number of ether oxygens (including phenoxy) is 1. The van der Waals surface area contributed by atoms with Gasteiger partial charge < -0.3 is 9.84 Å². The molecule has 1 unspecified atom stereocenters. The highest BCUT2D eigenvalue weighted by molar-refractivity contribution is 5.78. The van der Waals surface area contributed by atoms with Gasteiger partial charge in [-0.1, -0.05) is 19.1 Å². The van der Waals surface area contributed by atoms with Gasteiger partial charge in [0.15, 0.2) is 0 Å². The van der Waals surface area contributed by atoms with Gasteiger partial charge in [0.2, 0.25) is 0 Å². The van der Waals surface area contributed by atoms with Crippen molar-refractivity contribution in [1.82, 2.24) is 5.32 Å². The third-order valence-corrected chi connectivity index (χ3v) is 3.97. The summed E-state index contributed by atoms with van der Waals surface area (Å²) in [7, 11) is 0. The van der Waals surface area contributed by atoms with Gasteiger partial charge in [0.25, 0.3) is 0 Å². The Kier molecular flexibility index (Phi) is 5.23. The van der Waals surface area contributed by atoms with E-state index in [1.165, 1.54) is 5.56 Å². The molecule has 0 spiro atoms. The number of carboxylic acid groups (broad SMARTS) is 1. The van der Waals surface area contributed by atoms with Crippen molar-refractivity contribution in [3.05, 3.63) is 29.8 Å². The van der Waals surface area contributed by atoms with E-state index in [9.17, 15) is 9.90 Å². The molecule has 0 aliphatic heterocycles. The summed E-state index contributed by atoms with van der Waals surface area (Å²) in [5.74, 6) is 0.0870. The van der Waals surface area contributed by atoms with Gasteiger partial charge in [-0.2, -0.15) is 0 Å². The van der Waals surface area contributed by atoms with Crippen molar-refractivity contribution >= 4 is 5.97 Å². The van der Waals surface area contributed by atoms with E-state index in [-0.39, 0.29) is 0 Å². The van der Waals surface area contributed by atoms with Crippen LogP contribution in [0.5, 0.6) is 5.75 Å². The van der Waals surface area contributed by atoms with E-state index in [0.717, 1.165) is 31.4 Å². The van der Waals surface area contributed by atoms with Crippen molar-refractivity contribution in [2.24, 2.45) is 0 Å². The van der Waals surface area contributed by atoms with Gasteiger partial charge in [-0.3, -0.25) is 10.1 Å². The van der Waals surface area contributed by atoms with E-state index < -0.39 is 11.5 Å². The molecule has 4 nitrogen and oxygen atoms in total. The van der Waals surface area contributed by atoms with Gasteiger partial charge in [-0.25, -0.2) is 0 Å². The lowest BCUT2D eigenvalue weighted by molar-refractivity contribution is -0.144. The zero-order chi connectivity index (χ0) is 15.3. The summed E-state index contributed by atoms with van der Waals surface area (Å²) < 4.78 is 5.72. The number of hydrogen-bond donors (Lipinski definition) is 2. The van der Waals surface area contributed by atoms with Gasteiger partial charge in [0.1, 0.15) is 11.3 Å². The van der Waals surface area contributed by atoms with E-state index in [0.29, 0.717) is 19.1 Å². The van der Waals surface area contributed by atoms with E-state index >= 15 is 0 Å². The summed E-state index contributed by atoms with van der Waals surface area (Å²) in [5, 5.41) is 12.6. The van der Waals surface area contributed by atoms with Crippen molar-refractivity contribution in [3.8, 4) is 5.75 Å². The predicted octanol–water partition coefficient (Wildman–Crippen LogP) is 3.00. The minimum absolute atomic E-state index is 0.383. The van der Waals surface area contributed by atoms with Crippen LogP contribution in [-0.2, 0) is 11.2 Å². The summed E-state index contributed by atoms with van der Waals surface area (Å²) in [5.41, 5.74) is 0.411. The minimum atomic E-state index is -0.838. The molecule has 116 valence electrons. The molecule has 0 amide bonds. The highest BCUT2D eigenvalue weighted by atomic mass is 16.5. The first kappa shape index (κ1) is 15.8. The van der Waals surface area contributed by atoms with E-state index in [4.69, 9.17) is 4.74 Å². The number of benzene rings is 1. The van der Waals surface area contributed by atoms with E-state index in [1.54, 1.807) is 6.92 Å². The standard InChI is InChI=1S/C17H25NO3/c1-3-13-6-4-7-15(12-13)21-11-5-10-17(2,16(19)20)18-14-8-9-14/h4,6-7,12,14,18H,3,5,8-11H2,1-2H3,(H,19,20). The van der Waals surface area contributed by atoms with Crippen LogP contribution in [0.3, 0.4) is 0 Å². The molecule has 1 atom stereocenters. The molecule has 1 fully saturated rings. The van der Waals surface area contributed by atoms with Crippen LogP contribution in [0.2, 0.25) is 0 Å². The van der Waals surface area contributed by atoms with E-state index in [2.05, 4.69) is 18.3 Å². The number of hydrogen-bond acceptors (Lipinski definition) is 3. The van der Waals surface area contributed by atoms with Crippen molar-refractivity contribution in [1.29, 1.82) is 0 Å². The fourth-order valence-corrected chi connectivity index (χ4v) is 2.39. The van der Waals surface area contributed by atoms with Crippen LogP contribution in [0.1, 0.15) is 45.1 Å². The SMILES string of the molecule is CCc1cccc(OCCCC(C)(NC2CC2)C(=O)O)c1. The van der Waals surface area contributed by atoms with E-state index in [1.807, 2.05) is 18.2 Å². The van der Waals surface area contributed by atoms with Crippen LogP contribution in [0, 0.1) is 0 Å². The molecule has 1 aliphatic carbocycles. The molecule has 0 aromatic heterocycles. The fourth-order valence-electron chi connectivity index (χ4n) is 2.39. The molecule has 1 aromatic carbocycles. The predicted molar refractivity (Wildman–Crippen MR) is 82.7 cm³/mol. The van der Waals surface area contributed by atoms with Crippen molar-refractivity contribution in [2.45, 2.75) is 57.5 Å². The Morgan fingerprint density at radius 1 is 1.48 bits per heavy atom. The maximum absolute atomic E-state index is 11.4. The van der Waals surface area contributed by atoms with Crippen molar-refractivity contribution < 1.29 is 14.6 Å². The normalized spacial score (nSPS) is 17.2. The first-order valence-corrected chi connectivity index (χ1v) is 7.76. The topological polar surface area (TPSA) is 58.6 Å². The molecule has 2 rings (SSSR count). The molecule has 4 heteroatoms. The highest BCUT2D eigenvalue weighted by Crippen LogP contribution is 2.25. The first-order valence-electron chi connectivity index (χ1n) is 7.76. The summed E-state index contributed by atoms with van der Waals surface area (Å²) in [6.45, 7) is 4.43. The highest BCUT2D eigenvalue weighted by Gasteiger charge is 2.37. The lowest BCUT2D eigenvalue weighted by Gasteiger charge is -2.26. The van der Waals surface area contributed by atoms with Crippen molar-refractivity contribution in [2.75, 3.05) is 6.61 Å². The summed E-state index contributed by atoms with van der Waals surface area (Å²) in [6.07, 6.45) is 4.46. The lowest BCUT2D eigenvalue weighted by atomic mass is 9.96. The van der Waals surface area contributed by atoms with Crippen LogP contribution in [0.15, 0.2) is 24.3 Å². The Bertz CT molecular complexity index is 485. The Morgan fingerprint density at radius 2 is 2.24 bits per heavy atom. The van der Waals surface area contributed by atoms with Gasteiger partial charge >= 0.3 is 5.97 Å². The van der Waals surface area contributed by atoms with Gasteiger partial charge in [-0.05, 0) is 56.7 Å². The average Bonchev–Trinajstić information content (AvgIpc) is 3.27. The number of rotatable bonds is 9. The summed E-state index contributed by atoms with van der Waals surface area (Å²) >= 11 is 0. The number of aryl methyl sites for hydroxylation is 1. The van der Waals surface area contributed by atoms with Crippen LogP contribution >= 0.6 is 0 Å². The molecule has 2 N–H and O–H groups in total. The molecular formula is C17H25NO3. The summed E-state index contributed by atoms with van der Waals surface area (Å²) in [4.78, 5) is 11.4. The van der Waals surface area contributed by atoms with Gasteiger partial charge in [0, 0.05) is 6.04 Å². The Labute approximate surface area is 126 Å². The maximum Gasteiger partial charge on any atom is 0.323 e. The number of carboxylic acids is 1. The largest absolute Gasteiger partial charge is 0.494 e. The summed E-state index contributed by atoms with van der Waals surface area (Å²) in [6, 6.07) is 8.43. The second-order valence-electron chi connectivity index (χ2n) is 6.01. The van der Waals surface area contributed by atoms with Crippen LogP contribution in [0.4, 0.5) is 0 Å². The second-order valence-corrected chi connectivity index (χ2v) is 6.01. The molecule has 1 saturated carbocycles. The molecule has 0 saturated heterocycles. The first-order chi connectivity index (χ1) is 10.0.